The Kier molecular flexibility index (Phi) is 18.4. The van der Waals surface area contributed by atoms with E-state index in [1.54, 1.807) is 0 Å². The smallest absolute Gasteiger partial charge is 0.169 e. The van der Waals surface area contributed by atoms with E-state index in [4.69, 9.17) is 0 Å². The maximum Gasteiger partial charge on any atom is 0.169 e. The first-order valence-electron chi connectivity index (χ1n) is 16.1. The molecule has 2 nitrogen and oxygen atoms in total. The fourth-order valence-corrected chi connectivity index (χ4v) is 5.18. The van der Waals surface area contributed by atoms with Crippen LogP contribution in [0.5, 0.6) is 0 Å². The topological polar surface area (TPSA) is 7.12 Å². The Hall–Kier alpha value is -2.09. The number of benzene rings is 1. The third-order valence-electron chi connectivity index (χ3n) is 7.81. The summed E-state index contributed by atoms with van der Waals surface area (Å²) in [5.74, 6) is 0. The van der Waals surface area contributed by atoms with Gasteiger partial charge < -0.3 is 4.90 Å². The molecule has 38 heavy (non-hydrogen) atoms. The van der Waals surface area contributed by atoms with Gasteiger partial charge >= 0.3 is 0 Å². The molecule has 0 bridgehead atoms. The van der Waals surface area contributed by atoms with E-state index in [-0.39, 0.29) is 0 Å². The molecule has 0 N–H and O–H groups in total. The average Bonchev–Trinajstić information content (AvgIpc) is 2.94. The van der Waals surface area contributed by atoms with Gasteiger partial charge in [0.15, 0.2) is 12.4 Å². The van der Waals surface area contributed by atoms with Crippen molar-refractivity contribution in [3.05, 3.63) is 59.9 Å². The Bertz CT molecular complexity index is 819. The van der Waals surface area contributed by atoms with Crippen molar-refractivity contribution >= 4 is 17.8 Å². The van der Waals surface area contributed by atoms with E-state index in [1.165, 1.54) is 139 Å². The van der Waals surface area contributed by atoms with Gasteiger partial charge in [-0.05, 0) is 29.7 Å². The van der Waals surface area contributed by atoms with Gasteiger partial charge in [-0.15, -0.1) is 0 Å². The zero-order valence-corrected chi connectivity index (χ0v) is 25.3. The second-order valence-electron chi connectivity index (χ2n) is 11.6. The monoisotopic (exact) mass is 519 g/mol. The molecule has 0 atom stereocenters. The molecule has 2 heteroatoms. The van der Waals surface area contributed by atoms with Crippen molar-refractivity contribution in [1.82, 2.24) is 0 Å². The highest BCUT2D eigenvalue weighted by molar-refractivity contribution is 5.70. The highest BCUT2D eigenvalue weighted by Gasteiger charge is 2.01. The summed E-state index contributed by atoms with van der Waals surface area (Å²) < 4.78 is 2.33. The van der Waals surface area contributed by atoms with E-state index in [9.17, 15) is 0 Å². The Balaban J connectivity index is 1.38. The predicted octanol–water partition coefficient (Wildman–Crippen LogP) is 10.6. The van der Waals surface area contributed by atoms with E-state index in [2.05, 4.69) is 91.4 Å². The SMILES string of the molecule is CCCCCCCCCCCCCCCCCCCCC[n+]1ccc(/C=C/c2ccc(N(C)C)cc2)cc1. The van der Waals surface area contributed by atoms with Gasteiger partial charge in [0, 0.05) is 38.3 Å². The van der Waals surface area contributed by atoms with Gasteiger partial charge in [-0.2, -0.15) is 0 Å². The summed E-state index contributed by atoms with van der Waals surface area (Å²) in [5.41, 5.74) is 3.73. The predicted molar refractivity (Wildman–Crippen MR) is 170 cm³/mol. The summed E-state index contributed by atoms with van der Waals surface area (Å²) in [4.78, 5) is 2.13. The number of hydrogen-bond acceptors (Lipinski definition) is 1. The summed E-state index contributed by atoms with van der Waals surface area (Å²) in [6.07, 6.45) is 36.1. The summed E-state index contributed by atoms with van der Waals surface area (Å²) in [5, 5.41) is 0. The average molecular weight is 520 g/mol. The summed E-state index contributed by atoms with van der Waals surface area (Å²) in [7, 11) is 4.15. The van der Waals surface area contributed by atoms with E-state index in [0.717, 1.165) is 6.54 Å². The lowest BCUT2D eigenvalue weighted by Crippen LogP contribution is -2.32. The number of rotatable bonds is 23. The first-order chi connectivity index (χ1) is 18.7. The van der Waals surface area contributed by atoms with Crippen molar-refractivity contribution < 1.29 is 4.57 Å². The third kappa shape index (κ3) is 16.0. The van der Waals surface area contributed by atoms with E-state index in [1.807, 2.05) is 0 Å². The lowest BCUT2D eigenvalue weighted by molar-refractivity contribution is -0.697. The molecule has 0 unspecified atom stereocenters. The molecule has 1 aromatic heterocycles. The molecular formula is C36H59N2+. The molecule has 0 aliphatic rings. The second kappa shape index (κ2) is 21.8. The van der Waals surface area contributed by atoms with Gasteiger partial charge in [-0.3, -0.25) is 0 Å². The fraction of sp³-hybridized carbons (Fsp3) is 0.639. The molecule has 2 rings (SSSR count). The molecule has 0 aliphatic heterocycles. The maximum absolute atomic E-state index is 2.33. The summed E-state index contributed by atoms with van der Waals surface area (Å²) in [6.45, 7) is 3.43. The third-order valence-corrected chi connectivity index (χ3v) is 7.81. The molecule has 1 heterocycles. The van der Waals surface area contributed by atoms with Gasteiger partial charge in [0.05, 0.1) is 0 Å². The van der Waals surface area contributed by atoms with E-state index in [0.29, 0.717) is 0 Å². The van der Waals surface area contributed by atoms with Crippen LogP contribution in [0.4, 0.5) is 5.69 Å². The molecular weight excluding hydrogens is 460 g/mol. The molecule has 0 fully saturated rings. The van der Waals surface area contributed by atoms with E-state index >= 15 is 0 Å². The van der Waals surface area contributed by atoms with Gasteiger partial charge in [0.2, 0.25) is 0 Å². The molecule has 0 spiro atoms. The molecule has 1 aromatic carbocycles. The maximum atomic E-state index is 2.33. The van der Waals surface area contributed by atoms with Crippen LogP contribution < -0.4 is 9.47 Å². The molecule has 0 amide bonds. The molecule has 212 valence electrons. The van der Waals surface area contributed by atoms with Crippen LogP contribution in [-0.4, -0.2) is 14.1 Å². The van der Waals surface area contributed by atoms with Gasteiger partial charge in [-0.1, -0.05) is 140 Å². The summed E-state index contributed by atoms with van der Waals surface area (Å²) >= 11 is 0. The Morgan fingerprint density at radius 3 is 1.26 bits per heavy atom. The molecule has 0 saturated heterocycles. The fourth-order valence-electron chi connectivity index (χ4n) is 5.18. The van der Waals surface area contributed by atoms with Crippen molar-refractivity contribution in [3.8, 4) is 0 Å². The minimum absolute atomic E-state index is 1.13. The zero-order valence-electron chi connectivity index (χ0n) is 25.3. The Morgan fingerprint density at radius 1 is 0.500 bits per heavy atom. The number of hydrogen-bond donors (Lipinski definition) is 0. The quantitative estimate of drug-likeness (QED) is 0.105. The normalized spacial score (nSPS) is 11.4. The lowest BCUT2D eigenvalue weighted by atomic mass is 10.0. The van der Waals surface area contributed by atoms with Crippen LogP contribution in [0.15, 0.2) is 48.8 Å². The molecule has 2 aromatic rings. The van der Waals surface area contributed by atoms with Crippen molar-refractivity contribution in [1.29, 1.82) is 0 Å². The molecule has 0 radical (unpaired) electrons. The number of pyridine rings is 1. The van der Waals surface area contributed by atoms with Gasteiger partial charge in [0.25, 0.3) is 0 Å². The molecule has 0 aliphatic carbocycles. The standard InChI is InChI=1S/C36H59N2/c1-4-5-6-7-8-9-10-11-12-13-14-15-16-17-18-19-20-21-22-31-38-32-29-35(30-33-38)24-23-34-25-27-36(28-26-34)37(2)3/h23-30,32-33H,4-22,31H2,1-3H3/q+1. The first-order valence-corrected chi connectivity index (χ1v) is 16.1. The summed E-state index contributed by atoms with van der Waals surface area (Å²) in [6, 6.07) is 13.1. The molecule has 0 saturated carbocycles. The van der Waals surface area contributed by atoms with Crippen LogP contribution in [0, 0.1) is 0 Å². The van der Waals surface area contributed by atoms with Crippen LogP contribution in [0.1, 0.15) is 140 Å². The minimum atomic E-state index is 1.13. The number of aryl methyl sites for hydroxylation is 1. The highest BCUT2D eigenvalue weighted by atomic mass is 15.1. The van der Waals surface area contributed by atoms with Crippen molar-refractivity contribution in [2.45, 2.75) is 135 Å². The van der Waals surface area contributed by atoms with Crippen LogP contribution in [0.25, 0.3) is 12.2 Å². The van der Waals surface area contributed by atoms with Crippen LogP contribution in [-0.2, 0) is 6.54 Å². The van der Waals surface area contributed by atoms with Crippen LogP contribution >= 0.6 is 0 Å². The zero-order chi connectivity index (χ0) is 27.1. The van der Waals surface area contributed by atoms with Crippen LogP contribution in [0.3, 0.4) is 0 Å². The van der Waals surface area contributed by atoms with Crippen LogP contribution in [0.2, 0.25) is 0 Å². The number of nitrogens with zero attached hydrogens (tertiary/aromatic N) is 2. The lowest BCUT2D eigenvalue weighted by Gasteiger charge is -2.11. The largest absolute Gasteiger partial charge is 0.378 e. The minimum Gasteiger partial charge on any atom is -0.378 e. The number of aromatic nitrogens is 1. The first kappa shape index (κ1) is 32.1. The second-order valence-corrected chi connectivity index (χ2v) is 11.6. The Morgan fingerprint density at radius 2 is 0.868 bits per heavy atom. The van der Waals surface area contributed by atoms with E-state index < -0.39 is 0 Å². The van der Waals surface area contributed by atoms with Crippen molar-refractivity contribution in [2.24, 2.45) is 0 Å². The Labute approximate surface area is 236 Å². The number of unbranched alkanes of at least 4 members (excludes halogenated alkanes) is 18. The number of anilines is 1. The van der Waals surface area contributed by atoms with Crippen molar-refractivity contribution in [2.75, 3.05) is 19.0 Å². The highest BCUT2D eigenvalue weighted by Crippen LogP contribution is 2.16. The van der Waals surface area contributed by atoms with Crippen molar-refractivity contribution in [3.63, 3.8) is 0 Å². The van der Waals surface area contributed by atoms with Gasteiger partial charge in [0.1, 0.15) is 6.54 Å². The van der Waals surface area contributed by atoms with Gasteiger partial charge in [-0.25, -0.2) is 4.57 Å².